The lowest BCUT2D eigenvalue weighted by Gasteiger charge is -2.23. The van der Waals surface area contributed by atoms with Crippen LogP contribution in [0.15, 0.2) is 17.1 Å². The SMILES string of the molecule is CCCCCCCC(=O)OCC1O[C@@H](n2ccc(N)nc2=O)[C@H](OC)[C@@H]1OC(=O)CCCCCCC. The average molecular weight is 510 g/mol. The van der Waals surface area contributed by atoms with Crippen molar-refractivity contribution in [1.82, 2.24) is 9.55 Å². The zero-order valence-corrected chi connectivity index (χ0v) is 22.0. The maximum Gasteiger partial charge on any atom is 0.351 e. The molecule has 0 saturated carbocycles. The first-order valence-corrected chi connectivity index (χ1v) is 13.3. The maximum atomic E-state index is 12.6. The molecule has 0 amide bonds. The molecule has 1 fully saturated rings. The minimum atomic E-state index is -0.921. The van der Waals surface area contributed by atoms with Crippen LogP contribution in [-0.4, -0.2) is 53.5 Å². The average Bonchev–Trinajstić information content (AvgIpc) is 3.19. The van der Waals surface area contributed by atoms with Gasteiger partial charge in [-0.25, -0.2) is 4.79 Å². The molecule has 1 aliphatic rings. The standard InChI is InChI=1S/C26H43N3O7/c1-4-6-8-10-12-14-21(30)34-18-19-23(36-22(31)15-13-11-9-7-5-2)24(33-3)25(35-19)29-17-16-20(27)28-26(29)32/h16-17,19,23-25H,4-15,18H2,1-3H3,(H2,27,28,32)/t19?,23-,24-,25-/m1/s1. The second-order valence-electron chi connectivity index (χ2n) is 9.27. The number of unbranched alkanes of at least 4 members (excludes halogenated alkanes) is 8. The van der Waals surface area contributed by atoms with Crippen LogP contribution < -0.4 is 11.4 Å². The van der Waals surface area contributed by atoms with E-state index in [0.29, 0.717) is 6.42 Å². The molecule has 1 unspecified atom stereocenters. The van der Waals surface area contributed by atoms with Gasteiger partial charge in [0.1, 0.15) is 24.6 Å². The van der Waals surface area contributed by atoms with E-state index in [2.05, 4.69) is 18.8 Å². The molecular weight excluding hydrogens is 466 g/mol. The van der Waals surface area contributed by atoms with Gasteiger partial charge in [-0.2, -0.15) is 4.98 Å². The van der Waals surface area contributed by atoms with Gasteiger partial charge < -0.3 is 24.7 Å². The second-order valence-corrected chi connectivity index (χ2v) is 9.27. The molecule has 36 heavy (non-hydrogen) atoms. The van der Waals surface area contributed by atoms with Crippen LogP contribution in [0, 0.1) is 0 Å². The Labute approximate surface area is 213 Å². The molecule has 10 heteroatoms. The topological polar surface area (TPSA) is 132 Å². The van der Waals surface area contributed by atoms with Crippen molar-refractivity contribution >= 4 is 17.8 Å². The van der Waals surface area contributed by atoms with Crippen molar-refractivity contribution < 1.29 is 28.5 Å². The van der Waals surface area contributed by atoms with E-state index >= 15 is 0 Å². The van der Waals surface area contributed by atoms with Crippen LogP contribution in [-0.2, 0) is 28.5 Å². The molecule has 0 radical (unpaired) electrons. The van der Waals surface area contributed by atoms with Crippen LogP contribution in [0.1, 0.15) is 97.1 Å². The highest BCUT2D eigenvalue weighted by molar-refractivity contribution is 5.70. The Morgan fingerprint density at radius 3 is 2.17 bits per heavy atom. The number of rotatable bonds is 17. The second kappa shape index (κ2) is 16.3. The molecule has 1 aromatic heterocycles. The first-order chi connectivity index (χ1) is 17.4. The highest BCUT2D eigenvalue weighted by Crippen LogP contribution is 2.33. The number of nitrogens with two attached hydrogens (primary N) is 1. The van der Waals surface area contributed by atoms with Gasteiger partial charge in [0.2, 0.25) is 0 Å². The minimum absolute atomic E-state index is 0.0821. The molecular formula is C26H43N3O7. The van der Waals surface area contributed by atoms with E-state index < -0.39 is 30.2 Å². The van der Waals surface area contributed by atoms with Gasteiger partial charge in [0, 0.05) is 26.1 Å². The van der Waals surface area contributed by atoms with Crippen LogP contribution in [0.2, 0.25) is 0 Å². The molecule has 2 rings (SSSR count). The van der Waals surface area contributed by atoms with Crippen LogP contribution in [0.25, 0.3) is 0 Å². The van der Waals surface area contributed by atoms with Crippen LogP contribution in [0.4, 0.5) is 5.82 Å². The predicted octanol–water partition coefficient (Wildman–Crippen LogP) is 3.91. The van der Waals surface area contributed by atoms with Crippen molar-refractivity contribution in [3.63, 3.8) is 0 Å². The Morgan fingerprint density at radius 2 is 1.58 bits per heavy atom. The van der Waals surface area contributed by atoms with Crippen molar-refractivity contribution in [2.45, 2.75) is 115 Å². The lowest BCUT2D eigenvalue weighted by molar-refractivity contribution is -0.161. The van der Waals surface area contributed by atoms with Crippen molar-refractivity contribution in [2.75, 3.05) is 19.5 Å². The number of methoxy groups -OCH3 is 1. The Hall–Kier alpha value is -2.46. The van der Waals surface area contributed by atoms with Gasteiger partial charge in [0.15, 0.2) is 12.3 Å². The molecule has 2 N–H and O–H groups in total. The van der Waals surface area contributed by atoms with Gasteiger partial charge in [0.25, 0.3) is 0 Å². The van der Waals surface area contributed by atoms with E-state index in [9.17, 15) is 14.4 Å². The molecule has 4 atom stereocenters. The molecule has 2 heterocycles. The summed E-state index contributed by atoms with van der Waals surface area (Å²) in [4.78, 5) is 41.1. The van der Waals surface area contributed by atoms with E-state index in [1.165, 1.54) is 23.9 Å². The highest BCUT2D eigenvalue weighted by atomic mass is 16.6. The molecule has 0 spiro atoms. The van der Waals surface area contributed by atoms with Gasteiger partial charge in [0.05, 0.1) is 0 Å². The normalized spacial score (nSPS) is 21.4. The molecule has 1 aromatic rings. The van der Waals surface area contributed by atoms with Gasteiger partial charge in [-0.1, -0.05) is 65.2 Å². The molecule has 0 aromatic carbocycles. The van der Waals surface area contributed by atoms with Crippen molar-refractivity contribution in [3.05, 3.63) is 22.7 Å². The Bertz CT molecular complexity index is 860. The number of aromatic nitrogens is 2. The number of carbonyl (C=O) groups is 2. The summed E-state index contributed by atoms with van der Waals surface area (Å²) in [6, 6.07) is 1.47. The zero-order valence-electron chi connectivity index (χ0n) is 22.0. The quantitative estimate of drug-likeness (QED) is 0.245. The number of carbonyl (C=O) groups excluding carboxylic acids is 2. The molecule has 0 aliphatic carbocycles. The third-order valence-electron chi connectivity index (χ3n) is 6.33. The van der Waals surface area contributed by atoms with E-state index in [-0.39, 0.29) is 30.8 Å². The fourth-order valence-electron chi connectivity index (χ4n) is 4.28. The maximum absolute atomic E-state index is 12.6. The first kappa shape index (κ1) is 29.8. The van der Waals surface area contributed by atoms with Gasteiger partial charge >= 0.3 is 17.6 Å². The van der Waals surface area contributed by atoms with Crippen molar-refractivity contribution in [2.24, 2.45) is 0 Å². The highest BCUT2D eigenvalue weighted by Gasteiger charge is 2.49. The summed E-state index contributed by atoms with van der Waals surface area (Å²) in [6.07, 6.45) is 8.80. The monoisotopic (exact) mass is 509 g/mol. The molecule has 10 nitrogen and oxygen atoms in total. The summed E-state index contributed by atoms with van der Waals surface area (Å²) >= 11 is 0. The number of hydrogen-bond donors (Lipinski definition) is 1. The van der Waals surface area contributed by atoms with Crippen molar-refractivity contribution in [3.8, 4) is 0 Å². The summed E-state index contributed by atoms with van der Waals surface area (Å²) < 4.78 is 24.1. The minimum Gasteiger partial charge on any atom is -0.463 e. The Kier molecular flexibility index (Phi) is 13.5. The Balaban J connectivity index is 2.05. The first-order valence-electron chi connectivity index (χ1n) is 13.3. The summed E-state index contributed by atoms with van der Waals surface area (Å²) in [7, 11) is 1.45. The number of nitrogen functional groups attached to an aromatic ring is 1. The third kappa shape index (κ3) is 9.54. The fourth-order valence-corrected chi connectivity index (χ4v) is 4.28. The number of ether oxygens (including phenoxy) is 4. The lowest BCUT2D eigenvalue weighted by Crippen LogP contribution is -2.41. The van der Waals surface area contributed by atoms with Gasteiger partial charge in [-0.3, -0.25) is 14.2 Å². The largest absolute Gasteiger partial charge is 0.463 e. The molecule has 1 saturated heterocycles. The molecule has 204 valence electrons. The van der Waals surface area contributed by atoms with Crippen molar-refractivity contribution in [1.29, 1.82) is 0 Å². The predicted molar refractivity (Wildman–Crippen MR) is 135 cm³/mol. The molecule has 0 bridgehead atoms. The number of hydrogen-bond acceptors (Lipinski definition) is 9. The van der Waals surface area contributed by atoms with Crippen LogP contribution in [0.5, 0.6) is 0 Å². The smallest absolute Gasteiger partial charge is 0.351 e. The number of esters is 2. The van der Waals surface area contributed by atoms with E-state index in [1.807, 2.05) is 0 Å². The Morgan fingerprint density at radius 1 is 0.972 bits per heavy atom. The van der Waals surface area contributed by atoms with Gasteiger partial charge in [-0.15, -0.1) is 0 Å². The summed E-state index contributed by atoms with van der Waals surface area (Å²) in [5.41, 5.74) is 5.00. The molecule has 1 aliphatic heterocycles. The van der Waals surface area contributed by atoms with E-state index in [0.717, 1.165) is 64.2 Å². The summed E-state index contributed by atoms with van der Waals surface area (Å²) in [5, 5.41) is 0. The van der Waals surface area contributed by atoms with E-state index in [1.54, 1.807) is 0 Å². The third-order valence-corrected chi connectivity index (χ3v) is 6.33. The summed E-state index contributed by atoms with van der Waals surface area (Å²) in [5.74, 6) is -0.628. The fraction of sp³-hybridized carbons (Fsp3) is 0.769. The zero-order chi connectivity index (χ0) is 26.3. The van der Waals surface area contributed by atoms with Gasteiger partial charge in [-0.05, 0) is 18.9 Å². The van der Waals surface area contributed by atoms with E-state index in [4.69, 9.17) is 24.7 Å². The number of anilines is 1. The van der Waals surface area contributed by atoms with Crippen LogP contribution >= 0.6 is 0 Å². The number of nitrogens with zero attached hydrogens (tertiary/aromatic N) is 2. The van der Waals surface area contributed by atoms with Crippen LogP contribution in [0.3, 0.4) is 0 Å². The summed E-state index contributed by atoms with van der Waals surface area (Å²) in [6.45, 7) is 4.16. The lowest BCUT2D eigenvalue weighted by atomic mass is 10.1.